The molecular weight excluding hydrogens is 386 g/mol. The number of hydrogen-bond donors (Lipinski definition) is 2. The standard InChI is InChI=1S/C23H25NO6/c1-4-5-12-24-20(14-6-8-15(25)9-7-14)19(22(27)23(24)28)21(26)17-11-10-16(29-2)13-18(17)30-3/h6-11,13,20,25-26H,4-5,12H2,1-3H3/b21-19-. The van der Waals surface area contributed by atoms with Gasteiger partial charge in [-0.1, -0.05) is 25.5 Å². The van der Waals surface area contributed by atoms with E-state index >= 15 is 0 Å². The Morgan fingerprint density at radius 1 is 1.07 bits per heavy atom. The van der Waals surface area contributed by atoms with Crippen molar-refractivity contribution < 1.29 is 29.3 Å². The second-order valence-corrected chi connectivity index (χ2v) is 7.00. The SMILES string of the molecule is CCCCN1C(=O)C(=O)/C(=C(\O)c2ccc(OC)cc2OC)C1c1ccc(O)cc1. The van der Waals surface area contributed by atoms with E-state index < -0.39 is 17.7 Å². The van der Waals surface area contributed by atoms with Crippen LogP contribution in [-0.4, -0.2) is 47.6 Å². The van der Waals surface area contributed by atoms with Crippen LogP contribution >= 0.6 is 0 Å². The minimum Gasteiger partial charge on any atom is -0.508 e. The molecule has 0 aliphatic carbocycles. The number of ketones is 1. The molecule has 1 amide bonds. The number of phenolic OH excluding ortho intramolecular Hbond substituents is 1. The zero-order valence-corrected chi connectivity index (χ0v) is 17.2. The number of aliphatic hydroxyl groups is 1. The van der Waals surface area contributed by atoms with Gasteiger partial charge in [-0.2, -0.15) is 0 Å². The highest BCUT2D eigenvalue weighted by atomic mass is 16.5. The molecule has 158 valence electrons. The molecule has 1 heterocycles. The van der Waals surface area contributed by atoms with Gasteiger partial charge >= 0.3 is 0 Å². The minimum atomic E-state index is -0.760. The third-order valence-electron chi connectivity index (χ3n) is 5.17. The van der Waals surface area contributed by atoms with Crippen LogP contribution in [-0.2, 0) is 9.59 Å². The fourth-order valence-corrected chi connectivity index (χ4v) is 3.58. The molecule has 7 nitrogen and oxygen atoms in total. The molecule has 2 N–H and O–H groups in total. The zero-order chi connectivity index (χ0) is 21.8. The Morgan fingerprint density at radius 2 is 1.77 bits per heavy atom. The van der Waals surface area contributed by atoms with E-state index in [2.05, 4.69) is 0 Å². The van der Waals surface area contributed by atoms with Crippen LogP contribution in [0.3, 0.4) is 0 Å². The molecule has 30 heavy (non-hydrogen) atoms. The molecule has 3 rings (SSSR count). The third kappa shape index (κ3) is 3.83. The first-order chi connectivity index (χ1) is 14.4. The van der Waals surface area contributed by atoms with Gasteiger partial charge in [-0.3, -0.25) is 9.59 Å². The second kappa shape index (κ2) is 8.90. The van der Waals surface area contributed by atoms with E-state index in [0.717, 1.165) is 6.42 Å². The van der Waals surface area contributed by atoms with Gasteiger partial charge < -0.3 is 24.6 Å². The lowest BCUT2D eigenvalue weighted by Crippen LogP contribution is -2.30. The maximum Gasteiger partial charge on any atom is 0.295 e. The number of amides is 1. The van der Waals surface area contributed by atoms with Gasteiger partial charge in [0.15, 0.2) is 0 Å². The van der Waals surface area contributed by atoms with E-state index in [-0.39, 0.29) is 22.6 Å². The number of unbranched alkanes of at least 4 members (excludes halogenated alkanes) is 1. The number of ether oxygens (including phenoxy) is 2. The average molecular weight is 411 g/mol. The van der Waals surface area contributed by atoms with Crippen molar-refractivity contribution in [2.24, 2.45) is 0 Å². The number of carbonyl (C=O) groups is 2. The Kier molecular flexibility index (Phi) is 6.30. The molecule has 1 aliphatic rings. The van der Waals surface area contributed by atoms with Crippen molar-refractivity contribution in [3.05, 3.63) is 59.2 Å². The Bertz CT molecular complexity index is 980. The number of methoxy groups -OCH3 is 2. The van der Waals surface area contributed by atoms with E-state index in [4.69, 9.17) is 9.47 Å². The van der Waals surface area contributed by atoms with Crippen LogP contribution in [0, 0.1) is 0 Å². The van der Waals surface area contributed by atoms with Gasteiger partial charge in [0.2, 0.25) is 0 Å². The summed E-state index contributed by atoms with van der Waals surface area (Å²) in [7, 11) is 2.96. The first-order valence-electron chi connectivity index (χ1n) is 9.72. The molecule has 0 saturated carbocycles. The van der Waals surface area contributed by atoms with Crippen molar-refractivity contribution >= 4 is 17.4 Å². The van der Waals surface area contributed by atoms with Crippen molar-refractivity contribution in [1.29, 1.82) is 0 Å². The normalized spacial score (nSPS) is 18.0. The molecule has 1 saturated heterocycles. The van der Waals surface area contributed by atoms with Gasteiger partial charge in [0, 0.05) is 12.6 Å². The molecule has 2 aromatic rings. The molecule has 0 aromatic heterocycles. The summed E-state index contributed by atoms with van der Waals surface area (Å²) in [6, 6.07) is 10.3. The Labute approximate surface area is 175 Å². The number of aliphatic hydroxyl groups excluding tert-OH is 1. The van der Waals surface area contributed by atoms with Crippen LogP contribution in [0.4, 0.5) is 0 Å². The van der Waals surface area contributed by atoms with Gasteiger partial charge in [0.25, 0.3) is 11.7 Å². The fraction of sp³-hybridized carbons (Fsp3) is 0.304. The Morgan fingerprint density at radius 3 is 2.37 bits per heavy atom. The van der Waals surface area contributed by atoms with Crippen molar-refractivity contribution in [3.8, 4) is 17.2 Å². The number of phenols is 1. The summed E-state index contributed by atoms with van der Waals surface area (Å²) in [5.41, 5.74) is 0.901. The molecular formula is C23H25NO6. The highest BCUT2D eigenvalue weighted by molar-refractivity contribution is 6.46. The van der Waals surface area contributed by atoms with Gasteiger partial charge in [-0.25, -0.2) is 0 Å². The summed E-state index contributed by atoms with van der Waals surface area (Å²) in [5.74, 6) is -0.806. The van der Waals surface area contributed by atoms with E-state index in [9.17, 15) is 19.8 Å². The Balaban J connectivity index is 2.19. The first-order valence-corrected chi connectivity index (χ1v) is 9.72. The number of rotatable bonds is 7. The summed E-state index contributed by atoms with van der Waals surface area (Å²) in [6.45, 7) is 2.37. The number of nitrogens with zero attached hydrogens (tertiary/aromatic N) is 1. The van der Waals surface area contributed by atoms with Crippen LogP contribution in [0.5, 0.6) is 17.2 Å². The number of Topliss-reactive ketones (excluding diaryl/α,β-unsaturated/α-hetero) is 1. The molecule has 0 bridgehead atoms. The third-order valence-corrected chi connectivity index (χ3v) is 5.17. The minimum absolute atomic E-state index is 0.00902. The molecule has 0 radical (unpaired) electrons. The summed E-state index contributed by atoms with van der Waals surface area (Å²) in [5, 5.41) is 20.8. The second-order valence-electron chi connectivity index (χ2n) is 7.00. The highest BCUT2D eigenvalue weighted by Gasteiger charge is 2.46. The predicted molar refractivity (Wildman–Crippen MR) is 112 cm³/mol. The maximum absolute atomic E-state index is 12.9. The zero-order valence-electron chi connectivity index (χ0n) is 17.2. The van der Waals surface area contributed by atoms with Crippen LogP contribution in [0.1, 0.15) is 36.9 Å². The number of aromatic hydroxyl groups is 1. The molecule has 1 fully saturated rings. The summed E-state index contributed by atoms with van der Waals surface area (Å²) in [6.07, 6.45) is 1.56. The van der Waals surface area contributed by atoms with Crippen molar-refractivity contribution in [2.45, 2.75) is 25.8 Å². The smallest absolute Gasteiger partial charge is 0.295 e. The van der Waals surface area contributed by atoms with Crippen LogP contribution < -0.4 is 9.47 Å². The van der Waals surface area contributed by atoms with Crippen molar-refractivity contribution in [2.75, 3.05) is 20.8 Å². The number of hydrogen-bond acceptors (Lipinski definition) is 6. The molecule has 1 unspecified atom stereocenters. The van der Waals surface area contributed by atoms with E-state index in [1.807, 2.05) is 6.92 Å². The van der Waals surface area contributed by atoms with Gasteiger partial charge in [-0.05, 0) is 36.2 Å². The molecule has 0 spiro atoms. The number of likely N-dealkylation sites (tertiary alicyclic amines) is 1. The van der Waals surface area contributed by atoms with Gasteiger partial charge in [0.1, 0.15) is 23.0 Å². The quantitative estimate of drug-likeness (QED) is 0.410. The summed E-state index contributed by atoms with van der Waals surface area (Å²) >= 11 is 0. The van der Waals surface area contributed by atoms with Gasteiger partial charge in [-0.15, -0.1) is 0 Å². The largest absolute Gasteiger partial charge is 0.508 e. The van der Waals surface area contributed by atoms with E-state index in [1.165, 1.54) is 31.3 Å². The van der Waals surface area contributed by atoms with Crippen LogP contribution in [0.25, 0.3) is 5.76 Å². The Hall–Kier alpha value is -3.48. The highest BCUT2D eigenvalue weighted by Crippen LogP contribution is 2.41. The average Bonchev–Trinajstić information content (AvgIpc) is 3.02. The maximum atomic E-state index is 12.9. The summed E-state index contributed by atoms with van der Waals surface area (Å²) in [4.78, 5) is 27.2. The monoisotopic (exact) mass is 411 g/mol. The van der Waals surface area contributed by atoms with Gasteiger partial charge in [0.05, 0.1) is 31.4 Å². The van der Waals surface area contributed by atoms with Crippen molar-refractivity contribution in [3.63, 3.8) is 0 Å². The lowest BCUT2D eigenvalue weighted by molar-refractivity contribution is -0.139. The van der Waals surface area contributed by atoms with E-state index in [0.29, 0.717) is 30.0 Å². The lowest BCUT2D eigenvalue weighted by atomic mass is 9.95. The summed E-state index contributed by atoms with van der Waals surface area (Å²) < 4.78 is 10.5. The number of carbonyl (C=O) groups excluding carboxylic acids is 2. The van der Waals surface area contributed by atoms with Crippen LogP contribution in [0.2, 0.25) is 0 Å². The molecule has 1 aliphatic heterocycles. The van der Waals surface area contributed by atoms with Crippen molar-refractivity contribution in [1.82, 2.24) is 4.90 Å². The molecule has 2 aromatic carbocycles. The molecule has 7 heteroatoms. The number of benzene rings is 2. The van der Waals surface area contributed by atoms with Crippen LogP contribution in [0.15, 0.2) is 48.0 Å². The fourth-order valence-electron chi connectivity index (χ4n) is 3.58. The lowest BCUT2D eigenvalue weighted by Gasteiger charge is -2.25. The first kappa shape index (κ1) is 21.2. The van der Waals surface area contributed by atoms with E-state index in [1.54, 1.807) is 30.3 Å². The topological polar surface area (TPSA) is 96.3 Å². The molecule has 1 atom stereocenters. The predicted octanol–water partition coefficient (Wildman–Crippen LogP) is 3.63.